The van der Waals surface area contributed by atoms with E-state index in [9.17, 15) is 19.8 Å². The second kappa shape index (κ2) is 8.82. The van der Waals surface area contributed by atoms with Crippen molar-refractivity contribution >= 4 is 23.6 Å². The molecule has 4 N–H and O–H groups in total. The van der Waals surface area contributed by atoms with Crippen molar-refractivity contribution in [2.45, 2.75) is 5.92 Å². The molecule has 1 atom stereocenters. The zero-order valence-electron chi connectivity index (χ0n) is 19.8. The van der Waals surface area contributed by atoms with E-state index in [1.165, 1.54) is 56.2 Å². The number of esters is 1. The van der Waals surface area contributed by atoms with Gasteiger partial charge in [-0.05, 0) is 41.5 Å². The number of nitrogens with zero attached hydrogens (tertiary/aromatic N) is 2. The number of ether oxygens (including phenoxy) is 3. The highest BCUT2D eigenvalue weighted by molar-refractivity contribution is 6.12. The standard InChI is InChI=1S/C25H21N3O9/c1-33-16-9-11(4-6-14(16)29)8-13-23(31)36-21-19(24(32)35-3)18(12-5-7-15(30)17(10-12)34-2)20-22(28(13)21)37-25(26)27-20/h4-10,18,29-30H,1-3H3,(H2,26,27)/b13-8-/t18-/m1/s1. The van der Waals surface area contributed by atoms with E-state index in [0.29, 0.717) is 11.1 Å². The van der Waals surface area contributed by atoms with Crippen LogP contribution in [0, 0.1) is 0 Å². The third-order valence-electron chi connectivity index (χ3n) is 5.94. The van der Waals surface area contributed by atoms with Crippen molar-refractivity contribution in [1.82, 2.24) is 9.55 Å². The summed E-state index contributed by atoms with van der Waals surface area (Å²) in [6.45, 7) is 0. The van der Waals surface area contributed by atoms with Gasteiger partial charge in [0.05, 0.1) is 27.2 Å². The number of rotatable bonds is 5. The fraction of sp³-hybridized carbons (Fsp3) is 0.160. The van der Waals surface area contributed by atoms with Crippen LogP contribution in [0.1, 0.15) is 22.7 Å². The van der Waals surface area contributed by atoms with E-state index >= 15 is 0 Å². The molecule has 0 aliphatic carbocycles. The Morgan fingerprint density at radius 3 is 2.41 bits per heavy atom. The number of nitrogen functional groups attached to an aromatic ring is 1. The van der Waals surface area contributed by atoms with Crippen molar-refractivity contribution in [2.75, 3.05) is 27.1 Å². The lowest BCUT2D eigenvalue weighted by Gasteiger charge is -2.22. The Morgan fingerprint density at radius 1 is 1.05 bits per heavy atom. The summed E-state index contributed by atoms with van der Waals surface area (Å²) >= 11 is 0. The first-order valence-corrected chi connectivity index (χ1v) is 10.8. The second-order valence-corrected chi connectivity index (χ2v) is 8.00. The molecule has 3 heterocycles. The number of phenolic OH excluding ortho intramolecular Hbond substituents is 2. The van der Waals surface area contributed by atoms with Crippen LogP contribution in [-0.4, -0.2) is 47.1 Å². The monoisotopic (exact) mass is 507 g/mol. The Kier molecular flexibility index (Phi) is 5.63. The lowest BCUT2D eigenvalue weighted by atomic mass is 9.86. The third kappa shape index (κ3) is 3.75. The molecule has 1 aliphatic rings. The van der Waals surface area contributed by atoms with Gasteiger partial charge in [0.15, 0.2) is 23.0 Å². The lowest BCUT2D eigenvalue weighted by Crippen LogP contribution is -2.37. The number of carbonyl (C=O) groups is 1. The number of carbonyl (C=O) groups excluding carboxylic acids is 1. The first-order valence-electron chi connectivity index (χ1n) is 10.8. The summed E-state index contributed by atoms with van der Waals surface area (Å²) in [6.07, 6.45) is 1.47. The summed E-state index contributed by atoms with van der Waals surface area (Å²) in [4.78, 5) is 30.5. The van der Waals surface area contributed by atoms with Crippen LogP contribution in [0.15, 0.2) is 50.0 Å². The van der Waals surface area contributed by atoms with E-state index in [1.54, 1.807) is 12.1 Å². The van der Waals surface area contributed by atoms with Gasteiger partial charge in [0.25, 0.3) is 6.01 Å². The zero-order chi connectivity index (χ0) is 26.4. The molecule has 0 saturated heterocycles. The number of anilines is 1. The highest BCUT2D eigenvalue weighted by Gasteiger charge is 2.39. The fourth-order valence-electron chi connectivity index (χ4n) is 4.29. The van der Waals surface area contributed by atoms with Gasteiger partial charge in [-0.1, -0.05) is 12.1 Å². The molecule has 12 heteroatoms. The van der Waals surface area contributed by atoms with Crippen molar-refractivity contribution in [3.05, 3.63) is 74.5 Å². The molecule has 0 amide bonds. The lowest BCUT2D eigenvalue weighted by molar-refractivity contribution is -0.134. The minimum atomic E-state index is -0.940. The number of aromatic nitrogens is 2. The summed E-state index contributed by atoms with van der Waals surface area (Å²) in [7, 11) is 3.97. The van der Waals surface area contributed by atoms with Crippen molar-refractivity contribution in [2.24, 2.45) is 0 Å². The van der Waals surface area contributed by atoms with Crippen molar-refractivity contribution < 1.29 is 38.1 Å². The van der Waals surface area contributed by atoms with Gasteiger partial charge >= 0.3 is 11.6 Å². The molecule has 37 heavy (non-hydrogen) atoms. The number of hydrogen-bond donors (Lipinski definition) is 3. The number of oxazole rings is 2. The van der Waals surface area contributed by atoms with Gasteiger partial charge in [-0.2, -0.15) is 4.98 Å². The summed E-state index contributed by atoms with van der Waals surface area (Å²) in [5, 5.41) is 20.0. The molecule has 2 aromatic carbocycles. The number of aromatic hydroxyl groups is 2. The molecular formula is C25H21N3O9. The Balaban J connectivity index is 1.88. The highest BCUT2D eigenvalue weighted by Crippen LogP contribution is 2.41. The van der Waals surface area contributed by atoms with Crippen LogP contribution in [0.2, 0.25) is 0 Å². The summed E-state index contributed by atoms with van der Waals surface area (Å²) < 4.78 is 27.9. The quantitative estimate of drug-likeness (QED) is 0.325. The Morgan fingerprint density at radius 2 is 1.73 bits per heavy atom. The third-order valence-corrected chi connectivity index (χ3v) is 5.94. The smallest absolute Gasteiger partial charge is 0.362 e. The molecule has 0 fully saturated rings. The van der Waals surface area contributed by atoms with Gasteiger partial charge in [0.2, 0.25) is 11.4 Å². The van der Waals surface area contributed by atoms with Crippen LogP contribution in [0.5, 0.6) is 23.0 Å². The maximum atomic E-state index is 13.1. The molecule has 0 radical (unpaired) electrons. The van der Waals surface area contributed by atoms with Gasteiger partial charge < -0.3 is 39.0 Å². The van der Waals surface area contributed by atoms with Gasteiger partial charge in [0, 0.05) is 0 Å². The number of methoxy groups -OCH3 is 3. The first-order chi connectivity index (χ1) is 17.8. The molecule has 0 unspecified atom stereocenters. The molecule has 0 spiro atoms. The average molecular weight is 507 g/mol. The van der Waals surface area contributed by atoms with Crippen molar-refractivity contribution in [3.63, 3.8) is 0 Å². The number of phenols is 2. The van der Waals surface area contributed by atoms with E-state index < -0.39 is 17.5 Å². The van der Waals surface area contributed by atoms with Gasteiger partial charge in [0.1, 0.15) is 16.6 Å². The van der Waals surface area contributed by atoms with Crippen LogP contribution in [0.25, 0.3) is 17.5 Å². The molecule has 12 nitrogen and oxygen atoms in total. The fourth-order valence-corrected chi connectivity index (χ4v) is 4.29. The predicted octanol–water partition coefficient (Wildman–Crippen LogP) is 0.727. The van der Waals surface area contributed by atoms with Crippen LogP contribution in [0.4, 0.5) is 6.01 Å². The molecule has 2 aromatic heterocycles. The molecular weight excluding hydrogens is 486 g/mol. The van der Waals surface area contributed by atoms with Crippen molar-refractivity contribution in [3.8, 4) is 28.9 Å². The van der Waals surface area contributed by atoms with Crippen LogP contribution >= 0.6 is 0 Å². The summed E-state index contributed by atoms with van der Waals surface area (Å²) in [5.41, 5.74) is 6.10. The Bertz CT molecular complexity index is 1730. The van der Waals surface area contributed by atoms with E-state index in [4.69, 9.17) is 28.8 Å². The average Bonchev–Trinajstić information content (AvgIpc) is 3.43. The Hall–Kier alpha value is -5.13. The minimum absolute atomic E-state index is 0.0108. The Labute approximate surface area is 208 Å². The molecule has 1 aliphatic heterocycles. The molecule has 0 bridgehead atoms. The van der Waals surface area contributed by atoms with Crippen LogP contribution in [-0.2, 0) is 9.53 Å². The number of nitrogens with two attached hydrogens (primary N) is 1. The highest BCUT2D eigenvalue weighted by atomic mass is 16.5. The number of hydrogen-bond acceptors (Lipinski definition) is 11. The number of fused-ring (bicyclic) bond motifs is 3. The van der Waals surface area contributed by atoms with E-state index in [1.807, 2.05) is 0 Å². The molecule has 190 valence electrons. The molecule has 0 saturated carbocycles. The maximum absolute atomic E-state index is 13.1. The first kappa shape index (κ1) is 23.6. The predicted molar refractivity (Wildman–Crippen MR) is 128 cm³/mol. The van der Waals surface area contributed by atoms with Gasteiger partial charge in [-0.3, -0.25) is 0 Å². The summed E-state index contributed by atoms with van der Waals surface area (Å²) in [5.74, 6) is -1.52. The normalized spacial score (nSPS) is 14.7. The largest absolute Gasteiger partial charge is 0.504 e. The van der Waals surface area contributed by atoms with Crippen LogP contribution in [0.3, 0.4) is 0 Å². The number of benzene rings is 2. The van der Waals surface area contributed by atoms with E-state index in [-0.39, 0.29) is 57.1 Å². The second-order valence-electron chi connectivity index (χ2n) is 8.00. The van der Waals surface area contributed by atoms with Crippen molar-refractivity contribution in [1.29, 1.82) is 0 Å². The van der Waals surface area contributed by atoms with E-state index in [2.05, 4.69) is 4.98 Å². The van der Waals surface area contributed by atoms with E-state index in [0.717, 1.165) is 0 Å². The minimum Gasteiger partial charge on any atom is -0.504 e. The van der Waals surface area contributed by atoms with Gasteiger partial charge in [-0.25, -0.2) is 14.2 Å². The maximum Gasteiger partial charge on any atom is 0.362 e. The van der Waals surface area contributed by atoms with Gasteiger partial charge in [-0.15, -0.1) is 0 Å². The summed E-state index contributed by atoms with van der Waals surface area (Å²) in [6, 6.07) is 8.75. The topological polar surface area (TPSA) is 172 Å². The van der Waals surface area contributed by atoms with Crippen LogP contribution < -0.4 is 31.7 Å². The molecule has 5 rings (SSSR count). The SMILES string of the molecule is COC(=O)C1=c2oc(=O)/c(=C/c3ccc(O)c(OC)c3)n2-c2oc(N)nc2[C@@H]1c1ccc(O)c(OC)c1. The molecule has 4 aromatic rings. The zero-order valence-corrected chi connectivity index (χ0v) is 19.8.